The second kappa shape index (κ2) is 11.1. The molecule has 0 spiro atoms. The lowest BCUT2D eigenvalue weighted by molar-refractivity contribution is 0.240. The van der Waals surface area contributed by atoms with Gasteiger partial charge in [0, 0.05) is 55.9 Å². The molecule has 0 bridgehead atoms. The van der Waals surface area contributed by atoms with E-state index < -0.39 is 5.82 Å². The Morgan fingerprint density at radius 1 is 1.26 bits per heavy atom. The van der Waals surface area contributed by atoms with Crippen molar-refractivity contribution in [1.29, 1.82) is 5.26 Å². The molecule has 3 heterocycles. The molecule has 5 rings (SSSR count). The molecule has 0 saturated heterocycles. The van der Waals surface area contributed by atoms with E-state index in [1.807, 2.05) is 24.3 Å². The molecule has 2 aromatic heterocycles. The molecule has 0 fully saturated rings. The molecule has 0 unspecified atom stereocenters. The molecule has 1 aliphatic heterocycles. The lowest BCUT2D eigenvalue weighted by atomic mass is 10.0. The number of methoxy groups -OCH3 is 1. The number of amides is 1. The summed E-state index contributed by atoms with van der Waals surface area (Å²) in [5.41, 5.74) is 4.84. The first-order chi connectivity index (χ1) is 18.5. The largest absolute Gasteiger partial charge is 0.481 e. The Kier molecular flexibility index (Phi) is 7.40. The standard InChI is InChI=1S/C29H25ClFN5O2/c1-38-28-15-21(8-10-33-28)17-34-29(37)36-26-9-12-35(11-2-3-19-5-7-24(30)25(31)13-19)18-23(26)22-6-4-20(16-32)14-27(22)36/h2-8,10,13-15H,9,11-12,17-18H2,1H3,(H,34,37)/b3-2+. The van der Waals surface area contributed by atoms with E-state index in [2.05, 4.69) is 21.3 Å². The number of carbonyl (C=O) groups excluding carboxylic acids is 1. The topological polar surface area (TPSA) is 83.2 Å². The van der Waals surface area contributed by atoms with E-state index >= 15 is 0 Å². The molecule has 0 saturated carbocycles. The summed E-state index contributed by atoms with van der Waals surface area (Å²) < 4.78 is 20.6. The number of nitrogens with zero attached hydrogens (tertiary/aromatic N) is 4. The number of carbonyl (C=O) groups is 1. The number of hydrogen-bond acceptors (Lipinski definition) is 5. The van der Waals surface area contributed by atoms with E-state index in [4.69, 9.17) is 16.3 Å². The zero-order valence-electron chi connectivity index (χ0n) is 20.7. The number of hydrogen-bond donors (Lipinski definition) is 1. The number of ether oxygens (including phenoxy) is 1. The maximum Gasteiger partial charge on any atom is 0.326 e. The van der Waals surface area contributed by atoms with Crippen molar-refractivity contribution in [3.05, 3.63) is 99.6 Å². The van der Waals surface area contributed by atoms with Crippen molar-refractivity contribution in [2.75, 3.05) is 20.2 Å². The van der Waals surface area contributed by atoms with Crippen LogP contribution >= 0.6 is 11.6 Å². The molecule has 192 valence electrons. The quantitative estimate of drug-likeness (QED) is 0.354. The molecule has 0 atom stereocenters. The zero-order valence-corrected chi connectivity index (χ0v) is 21.5. The third-order valence-corrected chi connectivity index (χ3v) is 6.94. The average Bonchev–Trinajstić information content (AvgIpc) is 3.26. The van der Waals surface area contributed by atoms with Crippen LogP contribution in [0.1, 0.15) is 27.9 Å². The molecule has 0 radical (unpaired) electrons. The number of nitrogens with one attached hydrogen (secondary N) is 1. The summed E-state index contributed by atoms with van der Waals surface area (Å²) >= 11 is 5.78. The number of fused-ring (bicyclic) bond motifs is 3. The molecule has 9 heteroatoms. The van der Waals surface area contributed by atoms with Crippen LogP contribution < -0.4 is 10.1 Å². The predicted octanol–water partition coefficient (Wildman–Crippen LogP) is 5.54. The molecule has 1 N–H and O–H groups in total. The molecular formula is C29H25ClFN5O2. The molecule has 1 aliphatic rings. The summed E-state index contributed by atoms with van der Waals surface area (Å²) in [6, 6.07) is 15.7. The van der Waals surface area contributed by atoms with Gasteiger partial charge in [0.1, 0.15) is 5.82 Å². The fourth-order valence-corrected chi connectivity index (χ4v) is 4.87. The summed E-state index contributed by atoms with van der Waals surface area (Å²) in [7, 11) is 1.55. The molecular weight excluding hydrogens is 505 g/mol. The van der Waals surface area contributed by atoms with Gasteiger partial charge in [0.05, 0.1) is 29.3 Å². The summed E-state index contributed by atoms with van der Waals surface area (Å²) in [5, 5.41) is 13.5. The first kappa shape index (κ1) is 25.5. The van der Waals surface area contributed by atoms with Gasteiger partial charge in [-0.1, -0.05) is 35.9 Å². The Hall–Kier alpha value is -4.19. The number of pyridine rings is 1. The SMILES string of the molecule is COc1cc(CNC(=O)n2c3c(c4ccc(C#N)cc42)CN(C/C=C/c2ccc(Cl)c(F)c2)CC3)ccn1. The van der Waals surface area contributed by atoms with Crippen LogP contribution in [0.15, 0.2) is 60.8 Å². The lowest BCUT2D eigenvalue weighted by Crippen LogP contribution is -2.34. The number of rotatable bonds is 6. The number of halogens is 2. The van der Waals surface area contributed by atoms with Crippen LogP contribution in [0.4, 0.5) is 9.18 Å². The second-order valence-corrected chi connectivity index (χ2v) is 9.44. The normalized spacial score (nSPS) is 13.4. The van der Waals surface area contributed by atoms with Crippen LogP contribution in [-0.4, -0.2) is 40.7 Å². The number of nitriles is 1. The molecule has 0 aliphatic carbocycles. The summed E-state index contributed by atoms with van der Waals surface area (Å²) in [6.45, 7) is 2.39. The van der Waals surface area contributed by atoms with Crippen molar-refractivity contribution in [2.45, 2.75) is 19.5 Å². The summed E-state index contributed by atoms with van der Waals surface area (Å²) in [6.07, 6.45) is 6.18. The van der Waals surface area contributed by atoms with Crippen molar-refractivity contribution in [3.8, 4) is 11.9 Å². The summed E-state index contributed by atoms with van der Waals surface area (Å²) in [5.74, 6) is 0.0388. The van der Waals surface area contributed by atoms with Crippen LogP contribution in [0.25, 0.3) is 17.0 Å². The maximum atomic E-state index is 13.7. The highest BCUT2D eigenvalue weighted by atomic mass is 35.5. The number of aromatic nitrogens is 2. The fourth-order valence-electron chi connectivity index (χ4n) is 4.75. The fraction of sp³-hybridized carbons (Fsp3) is 0.207. The highest BCUT2D eigenvalue weighted by Gasteiger charge is 2.26. The molecule has 4 aromatic rings. The zero-order chi connectivity index (χ0) is 26.6. The first-order valence-electron chi connectivity index (χ1n) is 12.1. The van der Waals surface area contributed by atoms with Gasteiger partial charge in [0.25, 0.3) is 0 Å². The predicted molar refractivity (Wildman–Crippen MR) is 145 cm³/mol. The second-order valence-electron chi connectivity index (χ2n) is 9.03. The van der Waals surface area contributed by atoms with Crippen molar-refractivity contribution < 1.29 is 13.9 Å². The van der Waals surface area contributed by atoms with E-state index in [9.17, 15) is 14.4 Å². The highest BCUT2D eigenvalue weighted by Crippen LogP contribution is 2.31. The van der Waals surface area contributed by atoms with E-state index in [1.54, 1.807) is 48.2 Å². The Morgan fingerprint density at radius 2 is 2.13 bits per heavy atom. The van der Waals surface area contributed by atoms with E-state index in [0.29, 0.717) is 43.0 Å². The van der Waals surface area contributed by atoms with E-state index in [0.717, 1.165) is 34.3 Å². The van der Waals surface area contributed by atoms with Gasteiger partial charge in [-0.15, -0.1) is 0 Å². The third-order valence-electron chi connectivity index (χ3n) is 6.63. The van der Waals surface area contributed by atoms with Crippen molar-refractivity contribution in [1.82, 2.24) is 19.8 Å². The number of benzene rings is 2. The smallest absolute Gasteiger partial charge is 0.326 e. The van der Waals surface area contributed by atoms with E-state index in [-0.39, 0.29) is 11.1 Å². The van der Waals surface area contributed by atoms with Gasteiger partial charge < -0.3 is 10.1 Å². The average molecular weight is 530 g/mol. The Morgan fingerprint density at radius 3 is 2.92 bits per heavy atom. The van der Waals surface area contributed by atoms with Crippen LogP contribution in [0, 0.1) is 17.1 Å². The minimum atomic E-state index is -0.442. The van der Waals surface area contributed by atoms with E-state index in [1.165, 1.54) is 6.07 Å². The van der Waals surface area contributed by atoms with Crippen molar-refractivity contribution >= 4 is 34.6 Å². The molecule has 38 heavy (non-hydrogen) atoms. The van der Waals surface area contributed by atoms with Gasteiger partial charge >= 0.3 is 6.03 Å². The van der Waals surface area contributed by atoms with Gasteiger partial charge in [-0.05, 0) is 47.0 Å². The minimum absolute atomic E-state index is 0.103. The Labute approximate surface area is 224 Å². The van der Waals surface area contributed by atoms with Gasteiger partial charge in [-0.3, -0.25) is 9.47 Å². The molecule has 2 aromatic carbocycles. The van der Waals surface area contributed by atoms with Gasteiger partial charge in [-0.25, -0.2) is 14.2 Å². The van der Waals surface area contributed by atoms with Crippen molar-refractivity contribution in [3.63, 3.8) is 0 Å². The van der Waals surface area contributed by atoms with Crippen LogP contribution in [0.2, 0.25) is 5.02 Å². The van der Waals surface area contributed by atoms with Crippen LogP contribution in [0.5, 0.6) is 5.88 Å². The minimum Gasteiger partial charge on any atom is -0.481 e. The first-order valence-corrected chi connectivity index (χ1v) is 12.5. The van der Waals surface area contributed by atoms with Crippen LogP contribution in [0.3, 0.4) is 0 Å². The monoisotopic (exact) mass is 529 g/mol. The van der Waals surface area contributed by atoms with Gasteiger partial charge in [0.15, 0.2) is 0 Å². The van der Waals surface area contributed by atoms with Gasteiger partial charge in [0.2, 0.25) is 5.88 Å². The van der Waals surface area contributed by atoms with Crippen molar-refractivity contribution in [2.24, 2.45) is 0 Å². The van der Waals surface area contributed by atoms with Gasteiger partial charge in [-0.2, -0.15) is 5.26 Å². The summed E-state index contributed by atoms with van der Waals surface area (Å²) in [4.78, 5) is 19.8. The molecule has 7 nitrogen and oxygen atoms in total. The Balaban J connectivity index is 1.38. The van der Waals surface area contributed by atoms with Crippen LogP contribution in [-0.2, 0) is 19.5 Å². The lowest BCUT2D eigenvalue weighted by Gasteiger charge is -2.27. The maximum absolute atomic E-state index is 13.7. The third kappa shape index (κ3) is 5.25. The molecule has 1 amide bonds. The Bertz CT molecular complexity index is 1590. The highest BCUT2D eigenvalue weighted by molar-refractivity contribution is 6.30.